The van der Waals surface area contributed by atoms with Crippen molar-refractivity contribution in [1.82, 2.24) is 19.9 Å². The van der Waals surface area contributed by atoms with Crippen LogP contribution in [0.1, 0.15) is 49.3 Å². The molecule has 2 aromatic heterocycles. The Morgan fingerprint density at radius 1 is 1.03 bits per heavy atom. The summed E-state index contributed by atoms with van der Waals surface area (Å²) in [6.45, 7) is 10.4. The van der Waals surface area contributed by atoms with Crippen LogP contribution in [0, 0.1) is 12.9 Å². The highest BCUT2D eigenvalue weighted by Gasteiger charge is 2.22. The standard InChI is InChI=1S/C30H34FN5O2/c1-4-36(5-2)17-22-14-20(6-8-23(22)19-10-12-38-13-11-19)26-28(31)35-29(32)27(34-26)21-7-9-24-25(15-21)18(3)16-33-30(24)37/h6-9,14-16,19H,4-5,10-13,17H2,1-3H3,(H2,32,35)(H,33,37). The lowest BCUT2D eigenvalue weighted by molar-refractivity contribution is 0.0850. The van der Waals surface area contributed by atoms with Gasteiger partial charge in [0.05, 0.1) is 0 Å². The minimum absolute atomic E-state index is 0.00952. The number of aromatic nitrogens is 3. The van der Waals surface area contributed by atoms with Gasteiger partial charge in [-0.1, -0.05) is 32.0 Å². The number of nitrogen functional groups attached to an aromatic ring is 1. The first-order valence-electron chi connectivity index (χ1n) is 13.3. The average Bonchev–Trinajstić information content (AvgIpc) is 2.94. The van der Waals surface area contributed by atoms with Crippen LogP contribution < -0.4 is 11.3 Å². The number of pyridine rings is 1. The van der Waals surface area contributed by atoms with Crippen LogP contribution in [0.2, 0.25) is 0 Å². The molecule has 4 aromatic rings. The predicted octanol–water partition coefficient (Wildman–Crippen LogP) is 5.42. The molecule has 3 heterocycles. The van der Waals surface area contributed by atoms with E-state index in [0.717, 1.165) is 56.6 Å². The third-order valence-corrected chi connectivity index (χ3v) is 7.63. The van der Waals surface area contributed by atoms with Crippen molar-refractivity contribution in [1.29, 1.82) is 0 Å². The van der Waals surface area contributed by atoms with Crippen molar-refractivity contribution in [3.8, 4) is 22.5 Å². The summed E-state index contributed by atoms with van der Waals surface area (Å²) in [6, 6.07) is 11.5. The fraction of sp³-hybridized carbons (Fsp3) is 0.367. The van der Waals surface area contributed by atoms with Gasteiger partial charge in [0.15, 0.2) is 5.82 Å². The van der Waals surface area contributed by atoms with E-state index < -0.39 is 5.95 Å². The van der Waals surface area contributed by atoms with Gasteiger partial charge < -0.3 is 15.5 Å². The molecule has 0 bridgehead atoms. The van der Waals surface area contributed by atoms with Gasteiger partial charge in [0, 0.05) is 42.5 Å². The van der Waals surface area contributed by atoms with Crippen LogP contribution in [0.5, 0.6) is 0 Å². The third kappa shape index (κ3) is 5.06. The molecular formula is C30H34FN5O2. The SMILES string of the molecule is CCN(CC)Cc1cc(-c2nc(-c3ccc4c(=O)[nH]cc(C)c4c3)c(N)nc2F)ccc1C1CCOCC1. The smallest absolute Gasteiger partial charge is 0.255 e. The molecule has 7 nitrogen and oxygen atoms in total. The topological polar surface area (TPSA) is 97.1 Å². The molecule has 1 aliphatic rings. The summed E-state index contributed by atoms with van der Waals surface area (Å²) in [7, 11) is 0. The largest absolute Gasteiger partial charge is 0.382 e. The van der Waals surface area contributed by atoms with Crippen molar-refractivity contribution in [3.05, 3.63) is 75.6 Å². The van der Waals surface area contributed by atoms with Crippen LogP contribution in [-0.4, -0.2) is 46.2 Å². The van der Waals surface area contributed by atoms with Gasteiger partial charge in [-0.25, -0.2) is 4.98 Å². The fourth-order valence-corrected chi connectivity index (χ4v) is 5.35. The molecule has 0 unspecified atom stereocenters. The zero-order valence-corrected chi connectivity index (χ0v) is 22.2. The maximum atomic E-state index is 15.3. The van der Waals surface area contributed by atoms with E-state index in [2.05, 4.69) is 40.8 Å². The number of nitrogens with two attached hydrogens (primary N) is 1. The molecule has 38 heavy (non-hydrogen) atoms. The quantitative estimate of drug-likeness (QED) is 0.341. The lowest BCUT2D eigenvalue weighted by Crippen LogP contribution is -2.24. The average molecular weight is 516 g/mol. The molecule has 2 aromatic carbocycles. The van der Waals surface area contributed by atoms with Gasteiger partial charge in [0.2, 0.25) is 5.95 Å². The van der Waals surface area contributed by atoms with E-state index >= 15 is 4.39 Å². The van der Waals surface area contributed by atoms with Crippen molar-refractivity contribution < 1.29 is 9.13 Å². The number of halogens is 1. The van der Waals surface area contributed by atoms with Crippen LogP contribution in [-0.2, 0) is 11.3 Å². The lowest BCUT2D eigenvalue weighted by atomic mass is 9.87. The van der Waals surface area contributed by atoms with Crippen LogP contribution in [0.15, 0.2) is 47.4 Å². The van der Waals surface area contributed by atoms with Gasteiger partial charge in [-0.3, -0.25) is 9.69 Å². The van der Waals surface area contributed by atoms with E-state index in [4.69, 9.17) is 15.5 Å². The molecule has 198 valence electrons. The molecule has 3 N–H and O–H groups in total. The van der Waals surface area contributed by atoms with Crippen LogP contribution in [0.3, 0.4) is 0 Å². The highest BCUT2D eigenvalue weighted by atomic mass is 19.1. The number of hydrogen-bond donors (Lipinski definition) is 2. The van der Waals surface area contributed by atoms with Gasteiger partial charge in [0.1, 0.15) is 11.4 Å². The number of fused-ring (bicyclic) bond motifs is 1. The van der Waals surface area contributed by atoms with Gasteiger partial charge in [-0.15, -0.1) is 0 Å². The molecule has 8 heteroatoms. The first kappa shape index (κ1) is 26.0. The highest BCUT2D eigenvalue weighted by Crippen LogP contribution is 2.35. The summed E-state index contributed by atoms with van der Waals surface area (Å²) < 4.78 is 20.8. The minimum atomic E-state index is -0.702. The highest BCUT2D eigenvalue weighted by molar-refractivity contribution is 5.90. The number of rotatable bonds is 7. The Hall–Kier alpha value is -3.62. The summed E-state index contributed by atoms with van der Waals surface area (Å²) >= 11 is 0. The molecule has 0 radical (unpaired) electrons. The Morgan fingerprint density at radius 2 is 1.74 bits per heavy atom. The van der Waals surface area contributed by atoms with Crippen molar-refractivity contribution in [2.24, 2.45) is 0 Å². The summed E-state index contributed by atoms with van der Waals surface area (Å²) in [5.74, 6) is -0.271. The number of ether oxygens (including phenoxy) is 1. The van der Waals surface area contributed by atoms with Crippen molar-refractivity contribution in [2.45, 2.75) is 46.1 Å². The van der Waals surface area contributed by atoms with Gasteiger partial charge >= 0.3 is 0 Å². The number of anilines is 1. The van der Waals surface area contributed by atoms with E-state index in [1.165, 1.54) is 11.1 Å². The lowest BCUT2D eigenvalue weighted by Gasteiger charge is -2.27. The predicted molar refractivity (Wildman–Crippen MR) is 150 cm³/mol. The molecule has 0 atom stereocenters. The van der Waals surface area contributed by atoms with Gasteiger partial charge in [-0.2, -0.15) is 9.37 Å². The molecule has 5 rings (SSSR count). The molecule has 0 aliphatic carbocycles. The fourth-order valence-electron chi connectivity index (χ4n) is 5.35. The maximum Gasteiger partial charge on any atom is 0.255 e. The molecule has 1 fully saturated rings. The first-order valence-corrected chi connectivity index (χ1v) is 13.3. The summed E-state index contributed by atoms with van der Waals surface area (Å²) in [6.07, 6.45) is 3.64. The van der Waals surface area contributed by atoms with Crippen LogP contribution in [0.4, 0.5) is 10.2 Å². The third-order valence-electron chi connectivity index (χ3n) is 7.63. The Morgan fingerprint density at radius 3 is 2.47 bits per heavy atom. The number of nitrogens with one attached hydrogen (secondary N) is 1. The number of benzene rings is 2. The van der Waals surface area contributed by atoms with Crippen molar-refractivity contribution in [2.75, 3.05) is 32.0 Å². The van der Waals surface area contributed by atoms with E-state index in [0.29, 0.717) is 28.1 Å². The number of aryl methyl sites for hydroxylation is 1. The Bertz CT molecular complexity index is 1520. The van der Waals surface area contributed by atoms with Crippen molar-refractivity contribution in [3.63, 3.8) is 0 Å². The molecule has 0 spiro atoms. The Kier molecular flexibility index (Phi) is 7.53. The number of H-pyrrole nitrogens is 1. The zero-order valence-electron chi connectivity index (χ0n) is 22.2. The number of nitrogens with zero attached hydrogens (tertiary/aromatic N) is 3. The second-order valence-corrected chi connectivity index (χ2v) is 9.92. The second kappa shape index (κ2) is 11.0. The maximum absolute atomic E-state index is 15.3. The van der Waals surface area contributed by atoms with E-state index in [9.17, 15) is 4.79 Å². The number of aromatic amines is 1. The normalized spacial score (nSPS) is 14.4. The zero-order chi connectivity index (χ0) is 26.8. The Labute approximate surface area is 221 Å². The monoisotopic (exact) mass is 515 g/mol. The Balaban J connectivity index is 1.61. The summed E-state index contributed by atoms with van der Waals surface area (Å²) in [4.78, 5) is 26.1. The van der Waals surface area contributed by atoms with Gasteiger partial charge in [0.25, 0.3) is 5.56 Å². The molecular weight excluding hydrogens is 481 g/mol. The molecule has 1 aliphatic heterocycles. The van der Waals surface area contributed by atoms with E-state index in [-0.39, 0.29) is 17.1 Å². The summed E-state index contributed by atoms with van der Waals surface area (Å²) in [5.41, 5.74) is 11.3. The second-order valence-electron chi connectivity index (χ2n) is 9.92. The molecule has 0 saturated carbocycles. The molecule has 1 saturated heterocycles. The van der Waals surface area contributed by atoms with E-state index in [1.54, 1.807) is 18.3 Å². The minimum Gasteiger partial charge on any atom is -0.382 e. The van der Waals surface area contributed by atoms with Crippen molar-refractivity contribution >= 4 is 16.6 Å². The van der Waals surface area contributed by atoms with Crippen LogP contribution in [0.25, 0.3) is 33.3 Å². The first-order chi connectivity index (χ1) is 18.4. The number of hydrogen-bond acceptors (Lipinski definition) is 6. The van der Waals surface area contributed by atoms with Crippen LogP contribution >= 0.6 is 0 Å². The summed E-state index contributed by atoms with van der Waals surface area (Å²) in [5, 5.41) is 1.37. The van der Waals surface area contributed by atoms with E-state index in [1.807, 2.05) is 19.1 Å². The van der Waals surface area contributed by atoms with Gasteiger partial charge in [-0.05, 0) is 79.0 Å². The molecule has 0 amide bonds.